The molecule has 1 unspecified atom stereocenters. The van der Waals surface area contributed by atoms with Crippen LogP contribution in [-0.4, -0.2) is 29.3 Å². The molecule has 1 atom stereocenters. The van der Waals surface area contributed by atoms with Crippen LogP contribution in [0.4, 0.5) is 5.69 Å². The molecule has 0 N–H and O–H groups in total. The largest absolute Gasteiger partial charge is 0.327 e. The van der Waals surface area contributed by atoms with E-state index in [0.29, 0.717) is 6.54 Å². The maximum absolute atomic E-state index is 13.2. The van der Waals surface area contributed by atoms with Gasteiger partial charge in [0.1, 0.15) is 12.6 Å². The number of amides is 2. The van der Waals surface area contributed by atoms with Crippen molar-refractivity contribution in [2.24, 2.45) is 0 Å². The van der Waals surface area contributed by atoms with Crippen LogP contribution in [0, 0.1) is 0 Å². The molecule has 0 aromatic heterocycles. The highest BCUT2D eigenvalue weighted by Crippen LogP contribution is 2.47. The third kappa shape index (κ3) is 2.06. The molecular weight excluding hydrogens is 300 g/mol. The van der Waals surface area contributed by atoms with Crippen molar-refractivity contribution in [2.75, 3.05) is 11.4 Å². The van der Waals surface area contributed by atoms with Crippen LogP contribution in [0.25, 0.3) is 0 Å². The van der Waals surface area contributed by atoms with E-state index in [9.17, 15) is 9.59 Å². The molecular formula is C20H20N2O2. The van der Waals surface area contributed by atoms with Crippen LogP contribution >= 0.6 is 0 Å². The number of para-hydroxylation sites is 1. The fourth-order valence-corrected chi connectivity index (χ4v) is 3.96. The molecule has 0 spiro atoms. The molecule has 2 aromatic carbocycles. The standard InChI is InChI=1S/C20H20N2O2/c1-20(2)15-10-6-7-11-16(15)22-17(23)13-21(19(24)18(20)22)12-14-8-4-3-5-9-14/h3-11,18H,12-13H2,1-2H3. The van der Waals surface area contributed by atoms with Crippen molar-refractivity contribution in [3.8, 4) is 0 Å². The smallest absolute Gasteiger partial charge is 0.247 e. The molecule has 2 aliphatic rings. The lowest BCUT2D eigenvalue weighted by atomic mass is 9.79. The van der Waals surface area contributed by atoms with Gasteiger partial charge in [0.2, 0.25) is 11.8 Å². The normalized spacial score (nSPS) is 21.7. The first kappa shape index (κ1) is 14.9. The van der Waals surface area contributed by atoms with Crippen molar-refractivity contribution in [3.05, 3.63) is 65.7 Å². The van der Waals surface area contributed by atoms with Crippen LogP contribution < -0.4 is 4.90 Å². The number of nitrogens with zero attached hydrogens (tertiary/aromatic N) is 2. The van der Waals surface area contributed by atoms with E-state index in [-0.39, 0.29) is 18.4 Å². The highest BCUT2D eigenvalue weighted by molar-refractivity contribution is 6.09. The van der Waals surface area contributed by atoms with Crippen molar-refractivity contribution in [3.63, 3.8) is 0 Å². The number of carbonyl (C=O) groups is 2. The van der Waals surface area contributed by atoms with Crippen LogP contribution in [0.15, 0.2) is 54.6 Å². The summed E-state index contributed by atoms with van der Waals surface area (Å²) in [5, 5.41) is 0. The predicted molar refractivity (Wildman–Crippen MR) is 92.6 cm³/mol. The summed E-state index contributed by atoms with van der Waals surface area (Å²) in [5.74, 6) is 0.0215. The van der Waals surface area contributed by atoms with Gasteiger partial charge in [-0.1, -0.05) is 62.4 Å². The molecule has 2 aromatic rings. The minimum Gasteiger partial charge on any atom is -0.327 e. The lowest BCUT2D eigenvalue weighted by Gasteiger charge is -2.40. The summed E-state index contributed by atoms with van der Waals surface area (Å²) in [4.78, 5) is 29.4. The summed E-state index contributed by atoms with van der Waals surface area (Å²) in [7, 11) is 0. The van der Waals surface area contributed by atoms with E-state index in [1.165, 1.54) is 0 Å². The van der Waals surface area contributed by atoms with E-state index in [4.69, 9.17) is 0 Å². The van der Waals surface area contributed by atoms with E-state index < -0.39 is 11.5 Å². The highest BCUT2D eigenvalue weighted by Gasteiger charge is 2.54. The zero-order valence-corrected chi connectivity index (χ0v) is 13.9. The van der Waals surface area contributed by atoms with Gasteiger partial charge in [0.25, 0.3) is 0 Å². The van der Waals surface area contributed by atoms with E-state index in [1.807, 2.05) is 68.4 Å². The Kier molecular flexibility index (Phi) is 3.23. The molecule has 0 radical (unpaired) electrons. The zero-order chi connectivity index (χ0) is 16.9. The molecule has 122 valence electrons. The van der Waals surface area contributed by atoms with Gasteiger partial charge in [0.15, 0.2) is 0 Å². The van der Waals surface area contributed by atoms with Gasteiger partial charge in [-0.15, -0.1) is 0 Å². The van der Waals surface area contributed by atoms with E-state index in [2.05, 4.69) is 0 Å². The monoisotopic (exact) mass is 320 g/mol. The average Bonchev–Trinajstić information content (AvgIpc) is 2.82. The van der Waals surface area contributed by atoms with Gasteiger partial charge < -0.3 is 4.90 Å². The maximum Gasteiger partial charge on any atom is 0.247 e. The lowest BCUT2D eigenvalue weighted by molar-refractivity contribution is -0.143. The van der Waals surface area contributed by atoms with Crippen LogP contribution in [-0.2, 0) is 21.5 Å². The van der Waals surface area contributed by atoms with Gasteiger partial charge in [0.05, 0.1) is 0 Å². The second-order valence-corrected chi connectivity index (χ2v) is 7.09. The second kappa shape index (κ2) is 5.20. The maximum atomic E-state index is 13.2. The molecule has 4 nitrogen and oxygen atoms in total. The molecule has 2 amide bonds. The Morgan fingerprint density at radius 2 is 1.67 bits per heavy atom. The van der Waals surface area contributed by atoms with Crippen LogP contribution in [0.1, 0.15) is 25.0 Å². The van der Waals surface area contributed by atoms with Gasteiger partial charge in [-0.25, -0.2) is 0 Å². The minimum atomic E-state index is -0.458. The first-order valence-electron chi connectivity index (χ1n) is 8.24. The minimum absolute atomic E-state index is 0.00597. The zero-order valence-electron chi connectivity index (χ0n) is 13.9. The molecule has 2 heterocycles. The van der Waals surface area contributed by atoms with Gasteiger partial charge >= 0.3 is 0 Å². The Balaban J connectivity index is 1.71. The molecule has 1 fully saturated rings. The van der Waals surface area contributed by atoms with Crippen LogP contribution in [0.3, 0.4) is 0 Å². The van der Waals surface area contributed by atoms with Crippen molar-refractivity contribution in [1.29, 1.82) is 0 Å². The van der Waals surface area contributed by atoms with Crippen molar-refractivity contribution in [1.82, 2.24) is 4.90 Å². The van der Waals surface area contributed by atoms with Gasteiger partial charge in [-0.2, -0.15) is 0 Å². The van der Waals surface area contributed by atoms with Crippen LogP contribution in [0.2, 0.25) is 0 Å². The topological polar surface area (TPSA) is 40.6 Å². The number of fused-ring (bicyclic) bond motifs is 3. The van der Waals surface area contributed by atoms with Crippen molar-refractivity contribution >= 4 is 17.5 Å². The quantitative estimate of drug-likeness (QED) is 0.854. The summed E-state index contributed by atoms with van der Waals surface area (Å²) in [6.45, 7) is 4.71. The number of hydrogen-bond acceptors (Lipinski definition) is 2. The third-order valence-electron chi connectivity index (χ3n) is 5.16. The van der Waals surface area contributed by atoms with Crippen LogP contribution in [0.5, 0.6) is 0 Å². The number of piperazine rings is 1. The third-order valence-corrected chi connectivity index (χ3v) is 5.16. The van der Waals surface area contributed by atoms with Crippen molar-refractivity contribution < 1.29 is 9.59 Å². The van der Waals surface area contributed by atoms with E-state index in [0.717, 1.165) is 16.8 Å². The molecule has 1 saturated heterocycles. The molecule has 0 bridgehead atoms. The molecule has 4 heteroatoms. The number of rotatable bonds is 2. The fraction of sp³-hybridized carbons (Fsp3) is 0.300. The number of hydrogen-bond donors (Lipinski definition) is 0. The fourth-order valence-electron chi connectivity index (χ4n) is 3.96. The Labute approximate surface area is 141 Å². The number of anilines is 1. The molecule has 0 aliphatic carbocycles. The van der Waals surface area contributed by atoms with Gasteiger partial charge in [-0.05, 0) is 17.2 Å². The molecule has 2 aliphatic heterocycles. The Bertz CT molecular complexity index is 813. The summed E-state index contributed by atoms with van der Waals surface area (Å²) in [6, 6.07) is 17.2. The Hall–Kier alpha value is -2.62. The van der Waals surface area contributed by atoms with Gasteiger partial charge in [-0.3, -0.25) is 14.5 Å². The molecule has 24 heavy (non-hydrogen) atoms. The summed E-state index contributed by atoms with van der Waals surface area (Å²) in [5.41, 5.74) is 2.60. The highest BCUT2D eigenvalue weighted by atomic mass is 16.2. The Morgan fingerprint density at radius 3 is 2.42 bits per heavy atom. The second-order valence-electron chi connectivity index (χ2n) is 7.09. The van der Waals surface area contributed by atoms with Crippen molar-refractivity contribution in [2.45, 2.75) is 31.8 Å². The molecule has 0 saturated carbocycles. The number of carbonyl (C=O) groups excluding carboxylic acids is 2. The molecule has 4 rings (SSSR count). The SMILES string of the molecule is CC1(C)c2ccccc2N2C(=O)CN(Cc3ccccc3)C(=O)C21. The lowest BCUT2D eigenvalue weighted by Crippen LogP contribution is -2.62. The first-order valence-corrected chi connectivity index (χ1v) is 8.24. The number of benzene rings is 2. The van der Waals surface area contributed by atoms with E-state index in [1.54, 1.807) is 9.80 Å². The first-order chi connectivity index (χ1) is 11.5. The van der Waals surface area contributed by atoms with Gasteiger partial charge in [0, 0.05) is 17.6 Å². The summed E-state index contributed by atoms with van der Waals surface area (Å²) < 4.78 is 0. The summed E-state index contributed by atoms with van der Waals surface area (Å²) in [6.07, 6.45) is 0. The van der Waals surface area contributed by atoms with E-state index >= 15 is 0 Å². The summed E-state index contributed by atoms with van der Waals surface area (Å²) >= 11 is 0. The Morgan fingerprint density at radius 1 is 1.00 bits per heavy atom. The predicted octanol–water partition coefficient (Wildman–Crippen LogP) is 2.72. The average molecular weight is 320 g/mol.